The van der Waals surface area contributed by atoms with Crippen molar-refractivity contribution in [2.24, 2.45) is 5.92 Å². The monoisotopic (exact) mass is 413 g/mol. The van der Waals surface area contributed by atoms with Gasteiger partial charge in [-0.2, -0.15) is 0 Å². The Morgan fingerprint density at radius 1 is 1.14 bits per heavy atom. The smallest absolute Gasteiger partial charge is 0.322 e. The molecule has 0 radical (unpaired) electrons. The summed E-state index contributed by atoms with van der Waals surface area (Å²) in [6.45, 7) is 3.44. The molecular weight excluding hydrogens is 386 g/mol. The van der Waals surface area contributed by atoms with E-state index in [9.17, 15) is 9.59 Å². The molecule has 0 atom stereocenters. The quantitative estimate of drug-likeness (QED) is 0.784. The molecule has 2 aromatic rings. The van der Waals surface area contributed by atoms with Gasteiger partial charge in [0.05, 0.1) is 0 Å². The Morgan fingerprint density at radius 2 is 1.93 bits per heavy atom. The predicted octanol–water partition coefficient (Wildman–Crippen LogP) is 3.77. The van der Waals surface area contributed by atoms with Gasteiger partial charge in [-0.1, -0.05) is 12.1 Å². The first-order chi connectivity index (χ1) is 14.2. The van der Waals surface area contributed by atoms with E-state index < -0.39 is 0 Å². The highest BCUT2D eigenvalue weighted by molar-refractivity contribution is 7.10. The number of hydrogen-bond donors (Lipinski definition) is 2. The lowest BCUT2D eigenvalue weighted by Crippen LogP contribution is -2.38. The Labute approximate surface area is 175 Å². The molecule has 0 bridgehead atoms. The number of ether oxygens (including phenoxy) is 1. The van der Waals surface area contributed by atoms with Gasteiger partial charge in [-0.25, -0.2) is 4.79 Å². The fourth-order valence-electron chi connectivity index (χ4n) is 3.82. The van der Waals surface area contributed by atoms with Gasteiger partial charge in [0.15, 0.2) is 0 Å². The topological polar surface area (TPSA) is 70.7 Å². The van der Waals surface area contributed by atoms with Crippen LogP contribution >= 0.6 is 11.3 Å². The van der Waals surface area contributed by atoms with Crippen LogP contribution in [-0.4, -0.2) is 36.6 Å². The van der Waals surface area contributed by atoms with E-state index in [0.717, 1.165) is 50.3 Å². The second kappa shape index (κ2) is 9.41. The first kappa shape index (κ1) is 19.9. The van der Waals surface area contributed by atoms with Gasteiger partial charge in [0.1, 0.15) is 0 Å². The predicted molar refractivity (Wildman–Crippen MR) is 114 cm³/mol. The van der Waals surface area contributed by atoms with Crippen LogP contribution in [0.2, 0.25) is 0 Å². The van der Waals surface area contributed by atoms with Crippen LogP contribution in [0.15, 0.2) is 35.7 Å². The summed E-state index contributed by atoms with van der Waals surface area (Å²) in [6, 6.07) is 9.69. The number of rotatable bonds is 5. The molecule has 1 saturated heterocycles. The third-order valence-electron chi connectivity index (χ3n) is 5.60. The standard InChI is InChI=1S/C22H27N3O3S/c26-21(13-16-6-10-28-11-7-16)23-14-17-1-3-19(4-2-17)24-22(27)25-9-5-20-18(15-25)8-12-29-20/h1-4,8,12,16H,5-7,9-11,13-15H2,(H,23,26)(H,24,27). The molecule has 4 rings (SSSR count). The Balaban J connectivity index is 1.22. The first-order valence-corrected chi connectivity index (χ1v) is 11.1. The van der Waals surface area contributed by atoms with Crippen molar-refractivity contribution in [3.8, 4) is 0 Å². The minimum Gasteiger partial charge on any atom is -0.381 e. The molecule has 2 aliphatic heterocycles. The second-order valence-electron chi connectivity index (χ2n) is 7.70. The lowest BCUT2D eigenvalue weighted by molar-refractivity contribution is -0.122. The minimum absolute atomic E-state index is 0.0700. The van der Waals surface area contributed by atoms with Gasteiger partial charge in [0, 0.05) is 49.8 Å². The maximum absolute atomic E-state index is 12.5. The number of amides is 3. The Hall–Kier alpha value is -2.38. The molecule has 2 N–H and O–H groups in total. The maximum Gasteiger partial charge on any atom is 0.322 e. The van der Waals surface area contributed by atoms with E-state index in [1.54, 1.807) is 11.3 Å². The van der Waals surface area contributed by atoms with E-state index in [2.05, 4.69) is 22.1 Å². The van der Waals surface area contributed by atoms with Gasteiger partial charge in [0.2, 0.25) is 5.91 Å². The fourth-order valence-corrected chi connectivity index (χ4v) is 4.71. The Morgan fingerprint density at radius 3 is 2.72 bits per heavy atom. The van der Waals surface area contributed by atoms with E-state index in [1.807, 2.05) is 29.2 Å². The molecule has 154 valence electrons. The lowest BCUT2D eigenvalue weighted by Gasteiger charge is -2.27. The maximum atomic E-state index is 12.5. The normalized spacial score (nSPS) is 16.9. The van der Waals surface area contributed by atoms with E-state index in [1.165, 1.54) is 10.4 Å². The van der Waals surface area contributed by atoms with Gasteiger partial charge in [-0.05, 0) is 59.9 Å². The van der Waals surface area contributed by atoms with Crippen molar-refractivity contribution in [2.45, 2.75) is 38.8 Å². The highest BCUT2D eigenvalue weighted by Crippen LogP contribution is 2.24. The van der Waals surface area contributed by atoms with E-state index >= 15 is 0 Å². The average Bonchev–Trinajstić information content (AvgIpc) is 3.22. The molecule has 7 heteroatoms. The van der Waals surface area contributed by atoms with Gasteiger partial charge in [-0.3, -0.25) is 4.79 Å². The van der Waals surface area contributed by atoms with Crippen LogP contribution in [0.1, 0.15) is 35.3 Å². The molecular formula is C22H27N3O3S. The molecule has 1 aromatic carbocycles. The fraction of sp³-hybridized carbons (Fsp3) is 0.455. The number of fused-ring (bicyclic) bond motifs is 1. The highest BCUT2D eigenvalue weighted by atomic mass is 32.1. The molecule has 6 nitrogen and oxygen atoms in total. The molecule has 0 spiro atoms. The number of nitrogens with one attached hydrogen (secondary N) is 2. The van der Waals surface area contributed by atoms with Crippen molar-refractivity contribution < 1.29 is 14.3 Å². The SMILES string of the molecule is O=C(CC1CCOCC1)NCc1ccc(NC(=O)N2CCc3sccc3C2)cc1. The zero-order valence-electron chi connectivity index (χ0n) is 16.5. The third kappa shape index (κ3) is 5.36. The second-order valence-corrected chi connectivity index (χ2v) is 8.70. The van der Waals surface area contributed by atoms with Gasteiger partial charge < -0.3 is 20.3 Å². The largest absolute Gasteiger partial charge is 0.381 e. The minimum atomic E-state index is -0.0700. The molecule has 1 aromatic heterocycles. The molecule has 3 amide bonds. The molecule has 3 heterocycles. The van der Waals surface area contributed by atoms with Crippen molar-refractivity contribution >= 4 is 29.0 Å². The first-order valence-electron chi connectivity index (χ1n) is 10.2. The van der Waals surface area contributed by atoms with Crippen LogP contribution in [-0.2, 0) is 29.0 Å². The van der Waals surface area contributed by atoms with Crippen molar-refractivity contribution in [3.05, 3.63) is 51.7 Å². The third-order valence-corrected chi connectivity index (χ3v) is 6.63. The van der Waals surface area contributed by atoms with Crippen molar-refractivity contribution in [3.63, 3.8) is 0 Å². The Bertz CT molecular complexity index is 843. The molecule has 0 unspecified atom stereocenters. The zero-order chi connectivity index (χ0) is 20.1. The van der Waals surface area contributed by atoms with Crippen LogP contribution in [0.25, 0.3) is 0 Å². The number of anilines is 1. The summed E-state index contributed by atoms with van der Waals surface area (Å²) < 4.78 is 5.34. The highest BCUT2D eigenvalue weighted by Gasteiger charge is 2.21. The summed E-state index contributed by atoms with van der Waals surface area (Å²) in [4.78, 5) is 27.9. The molecule has 1 fully saturated rings. The number of thiophene rings is 1. The summed E-state index contributed by atoms with van der Waals surface area (Å²) in [5.41, 5.74) is 3.04. The van der Waals surface area contributed by atoms with Crippen molar-refractivity contribution in [1.82, 2.24) is 10.2 Å². The summed E-state index contributed by atoms with van der Waals surface area (Å²) in [7, 11) is 0. The molecule has 29 heavy (non-hydrogen) atoms. The summed E-state index contributed by atoms with van der Waals surface area (Å²) in [6.07, 6.45) is 3.42. The lowest BCUT2D eigenvalue weighted by atomic mass is 9.96. The Kier molecular flexibility index (Phi) is 6.46. The van der Waals surface area contributed by atoms with Crippen LogP contribution in [0.5, 0.6) is 0 Å². The number of carbonyl (C=O) groups excluding carboxylic acids is 2. The number of urea groups is 1. The van der Waals surface area contributed by atoms with E-state index in [4.69, 9.17) is 4.74 Å². The number of nitrogens with zero attached hydrogens (tertiary/aromatic N) is 1. The summed E-state index contributed by atoms with van der Waals surface area (Å²) >= 11 is 1.77. The van der Waals surface area contributed by atoms with Gasteiger partial charge in [0.25, 0.3) is 0 Å². The number of hydrogen-bond acceptors (Lipinski definition) is 4. The number of carbonyl (C=O) groups is 2. The van der Waals surface area contributed by atoms with E-state index in [-0.39, 0.29) is 11.9 Å². The van der Waals surface area contributed by atoms with Crippen molar-refractivity contribution in [1.29, 1.82) is 0 Å². The van der Waals surface area contributed by atoms with Crippen LogP contribution < -0.4 is 10.6 Å². The van der Waals surface area contributed by atoms with E-state index in [0.29, 0.717) is 25.4 Å². The van der Waals surface area contributed by atoms with Crippen LogP contribution in [0.4, 0.5) is 10.5 Å². The van der Waals surface area contributed by atoms with Crippen LogP contribution in [0, 0.1) is 5.92 Å². The van der Waals surface area contributed by atoms with Gasteiger partial charge >= 0.3 is 6.03 Å². The molecule has 0 saturated carbocycles. The summed E-state index contributed by atoms with van der Waals surface area (Å²) in [5, 5.41) is 8.05. The average molecular weight is 414 g/mol. The van der Waals surface area contributed by atoms with Gasteiger partial charge in [-0.15, -0.1) is 11.3 Å². The zero-order valence-corrected chi connectivity index (χ0v) is 17.3. The summed E-state index contributed by atoms with van der Waals surface area (Å²) in [5.74, 6) is 0.522. The number of benzene rings is 1. The molecule has 2 aliphatic rings. The van der Waals surface area contributed by atoms with Crippen molar-refractivity contribution in [2.75, 3.05) is 25.1 Å². The molecule has 0 aliphatic carbocycles. The van der Waals surface area contributed by atoms with Crippen LogP contribution in [0.3, 0.4) is 0 Å².